The molecule has 2 fully saturated rings. The van der Waals surface area contributed by atoms with Crippen LogP contribution in [0, 0.1) is 5.92 Å². The molecule has 3 atom stereocenters. The maximum Gasteiger partial charge on any atom is 0.238 e. The largest absolute Gasteiger partial charge is 0.310 e. The number of carbonyl (C=O) groups excluding carboxylic acids is 1. The Morgan fingerprint density at radius 2 is 2.14 bits per heavy atom. The molecule has 0 spiro atoms. The van der Waals surface area contributed by atoms with Crippen LogP contribution in [0.2, 0.25) is 0 Å². The lowest BCUT2D eigenvalue weighted by Gasteiger charge is -2.18. The van der Waals surface area contributed by atoms with E-state index in [9.17, 15) is 13.2 Å². The minimum Gasteiger partial charge on any atom is -0.310 e. The molecule has 2 N–H and O–H groups in total. The molecule has 3 unspecified atom stereocenters. The Labute approximate surface area is 83.3 Å². The molecule has 2 rings (SSSR count). The molecule has 2 saturated heterocycles. The second-order valence-corrected chi connectivity index (χ2v) is 5.88. The molecular formula is C8H14N2O3S. The fourth-order valence-electron chi connectivity index (χ4n) is 2.37. The van der Waals surface area contributed by atoms with Crippen LogP contribution >= 0.6 is 0 Å². The minimum atomic E-state index is -3.40. The lowest BCUT2D eigenvalue weighted by molar-refractivity contribution is -0.123. The SMILES string of the molecule is CS(=O)(=O)NC(=O)C1CC2CCC1N2. The first kappa shape index (κ1) is 9.92. The van der Waals surface area contributed by atoms with Crippen LogP contribution in [-0.4, -0.2) is 32.7 Å². The number of sulfonamides is 1. The third-order valence-corrected chi connectivity index (χ3v) is 3.49. The summed E-state index contributed by atoms with van der Waals surface area (Å²) in [4.78, 5) is 11.5. The predicted octanol–water partition coefficient (Wildman–Crippen LogP) is -0.797. The quantitative estimate of drug-likeness (QED) is 0.636. The van der Waals surface area contributed by atoms with Crippen LogP contribution < -0.4 is 10.0 Å². The minimum absolute atomic E-state index is 0.163. The van der Waals surface area contributed by atoms with Gasteiger partial charge in [-0.05, 0) is 19.3 Å². The van der Waals surface area contributed by atoms with Crippen LogP contribution in [0.15, 0.2) is 0 Å². The highest BCUT2D eigenvalue weighted by molar-refractivity contribution is 7.89. The summed E-state index contributed by atoms with van der Waals surface area (Å²) >= 11 is 0. The molecule has 5 nitrogen and oxygen atoms in total. The Morgan fingerprint density at radius 3 is 2.57 bits per heavy atom. The Balaban J connectivity index is 2.00. The fourth-order valence-corrected chi connectivity index (χ4v) is 2.89. The highest BCUT2D eigenvalue weighted by atomic mass is 32.2. The van der Waals surface area contributed by atoms with Crippen molar-refractivity contribution in [1.29, 1.82) is 0 Å². The Hall–Kier alpha value is -0.620. The smallest absolute Gasteiger partial charge is 0.238 e. The van der Waals surface area contributed by atoms with Gasteiger partial charge in [-0.2, -0.15) is 0 Å². The zero-order chi connectivity index (χ0) is 10.3. The molecule has 0 aromatic rings. The fraction of sp³-hybridized carbons (Fsp3) is 0.875. The van der Waals surface area contributed by atoms with Gasteiger partial charge >= 0.3 is 0 Å². The van der Waals surface area contributed by atoms with Crippen molar-refractivity contribution in [3.63, 3.8) is 0 Å². The molecular weight excluding hydrogens is 204 g/mol. The van der Waals surface area contributed by atoms with Gasteiger partial charge in [0.05, 0.1) is 12.2 Å². The summed E-state index contributed by atoms with van der Waals surface area (Å²) in [5.74, 6) is -0.518. The summed E-state index contributed by atoms with van der Waals surface area (Å²) in [6, 6.07) is 0.595. The molecule has 80 valence electrons. The zero-order valence-electron chi connectivity index (χ0n) is 7.99. The summed E-state index contributed by atoms with van der Waals surface area (Å²) in [5, 5.41) is 3.29. The van der Waals surface area contributed by atoms with E-state index in [-0.39, 0.29) is 17.9 Å². The van der Waals surface area contributed by atoms with Crippen molar-refractivity contribution in [1.82, 2.24) is 10.0 Å². The van der Waals surface area contributed by atoms with Crippen molar-refractivity contribution in [3.8, 4) is 0 Å². The van der Waals surface area contributed by atoms with Crippen molar-refractivity contribution in [3.05, 3.63) is 0 Å². The van der Waals surface area contributed by atoms with Gasteiger partial charge in [0.1, 0.15) is 0 Å². The average Bonchev–Trinajstić information content (AvgIpc) is 2.59. The van der Waals surface area contributed by atoms with E-state index >= 15 is 0 Å². The second kappa shape index (κ2) is 3.20. The van der Waals surface area contributed by atoms with E-state index in [1.807, 2.05) is 4.72 Å². The van der Waals surface area contributed by atoms with Crippen molar-refractivity contribution in [2.45, 2.75) is 31.3 Å². The molecule has 0 saturated carbocycles. The standard InChI is InChI=1S/C8H14N2O3S/c1-14(12,13)10-8(11)6-4-5-2-3-7(6)9-5/h5-7,9H,2-4H2,1H3,(H,10,11). The van der Waals surface area contributed by atoms with Crippen LogP contribution in [0.5, 0.6) is 0 Å². The first-order chi connectivity index (χ1) is 6.46. The Morgan fingerprint density at radius 1 is 1.43 bits per heavy atom. The highest BCUT2D eigenvalue weighted by Crippen LogP contribution is 2.33. The molecule has 1 amide bonds. The van der Waals surface area contributed by atoms with E-state index in [0.29, 0.717) is 6.04 Å². The van der Waals surface area contributed by atoms with Crippen molar-refractivity contribution < 1.29 is 13.2 Å². The number of amides is 1. The lowest BCUT2D eigenvalue weighted by atomic mass is 9.89. The number of hydrogen-bond acceptors (Lipinski definition) is 4. The van der Waals surface area contributed by atoms with Gasteiger partial charge in [0.25, 0.3) is 0 Å². The molecule has 2 aliphatic heterocycles. The number of fused-ring (bicyclic) bond motifs is 2. The maximum absolute atomic E-state index is 11.5. The average molecular weight is 218 g/mol. The number of rotatable bonds is 2. The van der Waals surface area contributed by atoms with Crippen molar-refractivity contribution in [2.24, 2.45) is 5.92 Å². The van der Waals surface area contributed by atoms with Gasteiger partial charge in [-0.1, -0.05) is 0 Å². The summed E-state index contributed by atoms with van der Waals surface area (Å²) in [7, 11) is -3.40. The van der Waals surface area contributed by atoms with Crippen LogP contribution in [0.25, 0.3) is 0 Å². The van der Waals surface area contributed by atoms with Crippen LogP contribution in [0.1, 0.15) is 19.3 Å². The molecule has 2 heterocycles. The van der Waals surface area contributed by atoms with Crippen molar-refractivity contribution >= 4 is 15.9 Å². The van der Waals surface area contributed by atoms with Gasteiger partial charge in [-0.15, -0.1) is 0 Å². The summed E-state index contributed by atoms with van der Waals surface area (Å²) in [6.07, 6.45) is 3.86. The number of carbonyl (C=O) groups is 1. The topological polar surface area (TPSA) is 75.3 Å². The predicted molar refractivity (Wildman–Crippen MR) is 51.0 cm³/mol. The first-order valence-electron chi connectivity index (χ1n) is 4.73. The molecule has 0 aliphatic carbocycles. The third-order valence-electron chi connectivity index (χ3n) is 2.92. The van der Waals surface area contributed by atoms with E-state index in [2.05, 4.69) is 5.32 Å². The van der Waals surface area contributed by atoms with Gasteiger partial charge in [0.15, 0.2) is 0 Å². The van der Waals surface area contributed by atoms with Crippen LogP contribution in [0.4, 0.5) is 0 Å². The third kappa shape index (κ3) is 1.90. The van der Waals surface area contributed by atoms with Gasteiger partial charge < -0.3 is 5.32 Å². The van der Waals surface area contributed by atoms with Crippen LogP contribution in [-0.2, 0) is 14.8 Å². The molecule has 2 aliphatic rings. The van der Waals surface area contributed by atoms with E-state index in [1.165, 1.54) is 0 Å². The lowest BCUT2D eigenvalue weighted by Crippen LogP contribution is -2.40. The molecule has 0 aromatic carbocycles. The van der Waals surface area contributed by atoms with E-state index in [1.54, 1.807) is 0 Å². The van der Waals surface area contributed by atoms with E-state index < -0.39 is 10.0 Å². The number of hydrogen-bond donors (Lipinski definition) is 2. The monoisotopic (exact) mass is 218 g/mol. The maximum atomic E-state index is 11.5. The second-order valence-electron chi connectivity index (χ2n) is 4.13. The molecule has 14 heavy (non-hydrogen) atoms. The summed E-state index contributed by atoms with van der Waals surface area (Å²) in [6.45, 7) is 0. The number of nitrogens with one attached hydrogen (secondary N) is 2. The zero-order valence-corrected chi connectivity index (χ0v) is 8.80. The van der Waals surface area contributed by atoms with Crippen LogP contribution in [0.3, 0.4) is 0 Å². The normalized spacial score (nSPS) is 35.9. The Kier molecular flexibility index (Phi) is 2.27. The summed E-state index contributed by atoms with van der Waals surface area (Å²) in [5.41, 5.74) is 0. The van der Waals surface area contributed by atoms with Gasteiger partial charge in [0, 0.05) is 12.1 Å². The molecule has 6 heteroatoms. The van der Waals surface area contributed by atoms with E-state index in [4.69, 9.17) is 0 Å². The molecule has 2 bridgehead atoms. The van der Waals surface area contributed by atoms with Crippen molar-refractivity contribution in [2.75, 3.05) is 6.26 Å². The molecule has 0 aromatic heterocycles. The van der Waals surface area contributed by atoms with Gasteiger partial charge in [-0.25, -0.2) is 8.42 Å². The van der Waals surface area contributed by atoms with E-state index in [0.717, 1.165) is 25.5 Å². The Bertz CT molecular complexity index is 352. The highest BCUT2D eigenvalue weighted by Gasteiger charge is 2.43. The van der Waals surface area contributed by atoms with Gasteiger partial charge in [0.2, 0.25) is 15.9 Å². The first-order valence-corrected chi connectivity index (χ1v) is 6.62. The molecule has 0 radical (unpaired) electrons. The van der Waals surface area contributed by atoms with Gasteiger partial charge in [-0.3, -0.25) is 9.52 Å². The summed E-state index contributed by atoms with van der Waals surface area (Å²) < 4.78 is 23.7.